The molecule has 0 saturated carbocycles. The van der Waals surface area contributed by atoms with Crippen molar-refractivity contribution in [2.24, 2.45) is 0 Å². The summed E-state index contributed by atoms with van der Waals surface area (Å²) < 4.78 is 27.9. The minimum absolute atomic E-state index is 0.211. The number of benzene rings is 2. The molecule has 3 rings (SSSR count). The van der Waals surface area contributed by atoms with Gasteiger partial charge in [-0.2, -0.15) is 4.31 Å². The molecule has 1 atom stereocenters. The van der Waals surface area contributed by atoms with Gasteiger partial charge in [-0.25, -0.2) is 8.42 Å². The number of carbonyl (C=O) groups excluding carboxylic acids is 2. The number of aryl methyl sites for hydroxylation is 3. The van der Waals surface area contributed by atoms with Gasteiger partial charge in [0.05, 0.1) is 4.90 Å². The summed E-state index contributed by atoms with van der Waals surface area (Å²) in [7, 11) is -3.60. The average molecular weight is 458 g/mol. The normalized spacial score (nSPS) is 17.0. The van der Waals surface area contributed by atoms with E-state index in [1.54, 1.807) is 28.6 Å². The molecule has 2 aromatic rings. The standard InChI is InChI=1S/C24H31N3O4S/c1-17-10-12-21(13-11-17)32(30,31)27-16-5-4-9-20(27)14-15-25-23(28)24(29)26-22-18(2)7-6-8-19(22)3/h6-8,10-13,20H,4-5,9,14-16H2,1-3H3,(H,25,28)(H,26,29). The number of para-hydroxylation sites is 1. The number of hydrogen-bond donors (Lipinski definition) is 2. The maximum absolute atomic E-state index is 13.2. The molecule has 0 bridgehead atoms. The zero-order chi connectivity index (χ0) is 23.3. The zero-order valence-corrected chi connectivity index (χ0v) is 19.7. The maximum Gasteiger partial charge on any atom is 0.313 e. The highest BCUT2D eigenvalue weighted by atomic mass is 32.2. The fraction of sp³-hybridized carbons (Fsp3) is 0.417. The monoisotopic (exact) mass is 457 g/mol. The number of sulfonamides is 1. The van der Waals surface area contributed by atoms with Crippen LogP contribution in [0.1, 0.15) is 42.4 Å². The van der Waals surface area contributed by atoms with Crippen LogP contribution in [0.15, 0.2) is 47.4 Å². The Bertz CT molecular complexity index is 1060. The molecule has 2 amide bonds. The zero-order valence-electron chi connectivity index (χ0n) is 18.8. The number of amides is 2. The number of nitrogens with one attached hydrogen (secondary N) is 2. The topological polar surface area (TPSA) is 95.6 Å². The van der Waals surface area contributed by atoms with E-state index < -0.39 is 21.8 Å². The summed E-state index contributed by atoms with van der Waals surface area (Å²) in [5, 5.41) is 5.30. The highest BCUT2D eigenvalue weighted by Gasteiger charge is 2.33. The highest BCUT2D eigenvalue weighted by molar-refractivity contribution is 7.89. The summed E-state index contributed by atoms with van der Waals surface area (Å²) in [4.78, 5) is 24.9. The van der Waals surface area contributed by atoms with Gasteiger partial charge < -0.3 is 10.6 Å². The third kappa shape index (κ3) is 5.55. The van der Waals surface area contributed by atoms with Gasteiger partial charge in [0.1, 0.15) is 0 Å². The van der Waals surface area contributed by atoms with Gasteiger partial charge in [0, 0.05) is 24.8 Å². The molecular formula is C24H31N3O4S. The second-order valence-corrected chi connectivity index (χ2v) is 10.2. The van der Waals surface area contributed by atoms with Crippen molar-refractivity contribution in [3.05, 3.63) is 59.2 Å². The van der Waals surface area contributed by atoms with Crippen LogP contribution in [0.2, 0.25) is 0 Å². The van der Waals surface area contributed by atoms with E-state index in [0.717, 1.165) is 36.0 Å². The van der Waals surface area contributed by atoms with Gasteiger partial charge in [0.2, 0.25) is 10.0 Å². The number of hydrogen-bond acceptors (Lipinski definition) is 4. The maximum atomic E-state index is 13.2. The van der Waals surface area contributed by atoms with Gasteiger partial charge in [0.25, 0.3) is 0 Å². The summed E-state index contributed by atoms with van der Waals surface area (Å²) in [5.74, 6) is -1.45. The quantitative estimate of drug-likeness (QED) is 0.651. The Balaban J connectivity index is 1.59. The molecule has 2 N–H and O–H groups in total. The van der Waals surface area contributed by atoms with Crippen molar-refractivity contribution in [1.29, 1.82) is 0 Å². The third-order valence-electron chi connectivity index (χ3n) is 5.89. The first-order valence-corrected chi connectivity index (χ1v) is 12.4. The van der Waals surface area contributed by atoms with Crippen LogP contribution in [0, 0.1) is 20.8 Å². The molecule has 1 unspecified atom stereocenters. The van der Waals surface area contributed by atoms with Crippen LogP contribution in [0.3, 0.4) is 0 Å². The first-order chi connectivity index (χ1) is 15.2. The molecule has 0 radical (unpaired) electrons. The predicted octanol–water partition coefficient (Wildman–Crippen LogP) is 3.30. The molecule has 2 aromatic carbocycles. The first kappa shape index (κ1) is 23.9. The smallest absolute Gasteiger partial charge is 0.313 e. The third-order valence-corrected chi connectivity index (χ3v) is 7.86. The minimum Gasteiger partial charge on any atom is -0.348 e. The van der Waals surface area contributed by atoms with Crippen LogP contribution in [-0.4, -0.2) is 43.7 Å². The van der Waals surface area contributed by atoms with Crippen molar-refractivity contribution >= 4 is 27.5 Å². The van der Waals surface area contributed by atoms with E-state index in [9.17, 15) is 18.0 Å². The first-order valence-electron chi connectivity index (χ1n) is 10.9. The van der Waals surface area contributed by atoms with Crippen molar-refractivity contribution in [3.63, 3.8) is 0 Å². The van der Waals surface area contributed by atoms with E-state index in [0.29, 0.717) is 18.7 Å². The Kier molecular flexibility index (Phi) is 7.69. The van der Waals surface area contributed by atoms with Crippen LogP contribution in [0.5, 0.6) is 0 Å². The lowest BCUT2D eigenvalue weighted by Crippen LogP contribution is -2.45. The summed E-state index contributed by atoms with van der Waals surface area (Å²) in [6.45, 7) is 6.34. The molecule has 172 valence electrons. The summed E-state index contributed by atoms with van der Waals surface area (Å²) in [6, 6.07) is 12.3. The largest absolute Gasteiger partial charge is 0.348 e. The number of carbonyl (C=O) groups is 2. The van der Waals surface area contributed by atoms with E-state index in [2.05, 4.69) is 10.6 Å². The lowest BCUT2D eigenvalue weighted by atomic mass is 10.0. The highest BCUT2D eigenvalue weighted by Crippen LogP contribution is 2.27. The molecule has 1 aliphatic rings. The molecule has 32 heavy (non-hydrogen) atoms. The summed E-state index contributed by atoms with van der Waals surface area (Å²) >= 11 is 0. The Morgan fingerprint density at radius 1 is 0.969 bits per heavy atom. The van der Waals surface area contributed by atoms with E-state index in [4.69, 9.17) is 0 Å². The van der Waals surface area contributed by atoms with Gasteiger partial charge in [-0.1, -0.05) is 42.3 Å². The van der Waals surface area contributed by atoms with E-state index >= 15 is 0 Å². The minimum atomic E-state index is -3.60. The Morgan fingerprint density at radius 2 is 1.62 bits per heavy atom. The SMILES string of the molecule is Cc1ccc(S(=O)(=O)N2CCCCC2CCNC(=O)C(=O)Nc2c(C)cccc2C)cc1. The number of nitrogens with zero attached hydrogens (tertiary/aromatic N) is 1. The molecule has 1 saturated heterocycles. The Hall–Kier alpha value is -2.71. The predicted molar refractivity (Wildman–Crippen MR) is 125 cm³/mol. The van der Waals surface area contributed by atoms with E-state index in [1.165, 1.54) is 0 Å². The van der Waals surface area contributed by atoms with Gasteiger partial charge in [0.15, 0.2) is 0 Å². The van der Waals surface area contributed by atoms with Crippen molar-refractivity contribution in [3.8, 4) is 0 Å². The van der Waals surface area contributed by atoms with Crippen LogP contribution < -0.4 is 10.6 Å². The van der Waals surface area contributed by atoms with Crippen molar-refractivity contribution in [1.82, 2.24) is 9.62 Å². The Labute approximate surface area is 190 Å². The number of anilines is 1. The van der Waals surface area contributed by atoms with Gasteiger partial charge in [-0.05, 0) is 63.3 Å². The summed E-state index contributed by atoms with van der Waals surface area (Å²) in [5.41, 5.74) is 3.40. The molecule has 1 heterocycles. The fourth-order valence-electron chi connectivity index (χ4n) is 4.04. The Morgan fingerprint density at radius 3 is 2.28 bits per heavy atom. The fourth-order valence-corrected chi connectivity index (χ4v) is 5.76. The molecule has 0 aliphatic carbocycles. The lowest BCUT2D eigenvalue weighted by molar-refractivity contribution is -0.136. The molecule has 1 aliphatic heterocycles. The second-order valence-electron chi connectivity index (χ2n) is 8.34. The number of piperidine rings is 1. The molecule has 1 fully saturated rings. The van der Waals surface area contributed by atoms with Crippen LogP contribution in [0.25, 0.3) is 0 Å². The molecular weight excluding hydrogens is 426 g/mol. The molecule has 0 aromatic heterocycles. The number of rotatable bonds is 6. The van der Waals surface area contributed by atoms with Crippen molar-refractivity contribution in [2.75, 3.05) is 18.4 Å². The van der Waals surface area contributed by atoms with Crippen LogP contribution >= 0.6 is 0 Å². The summed E-state index contributed by atoms with van der Waals surface area (Å²) in [6.07, 6.45) is 2.93. The van der Waals surface area contributed by atoms with Crippen LogP contribution in [-0.2, 0) is 19.6 Å². The molecule has 8 heteroatoms. The lowest BCUT2D eigenvalue weighted by Gasteiger charge is -2.34. The molecule has 0 spiro atoms. The average Bonchev–Trinajstić information content (AvgIpc) is 2.76. The van der Waals surface area contributed by atoms with Crippen molar-refractivity contribution < 1.29 is 18.0 Å². The van der Waals surface area contributed by atoms with E-state index in [-0.39, 0.29) is 17.5 Å². The van der Waals surface area contributed by atoms with Gasteiger partial charge in [-0.15, -0.1) is 0 Å². The van der Waals surface area contributed by atoms with Gasteiger partial charge >= 0.3 is 11.8 Å². The second kappa shape index (κ2) is 10.3. The molecule has 7 nitrogen and oxygen atoms in total. The van der Waals surface area contributed by atoms with Crippen molar-refractivity contribution in [2.45, 2.75) is 57.4 Å². The van der Waals surface area contributed by atoms with E-state index in [1.807, 2.05) is 39.0 Å². The van der Waals surface area contributed by atoms with Crippen LogP contribution in [0.4, 0.5) is 5.69 Å². The van der Waals surface area contributed by atoms with Gasteiger partial charge in [-0.3, -0.25) is 9.59 Å².